The fourth-order valence-electron chi connectivity index (χ4n) is 4.51. The van der Waals surface area contributed by atoms with Crippen LogP contribution >= 0.6 is 12.4 Å². The highest BCUT2D eigenvalue weighted by atomic mass is 35.5. The molecule has 0 spiro atoms. The number of para-hydroxylation sites is 1. The first-order valence-electron chi connectivity index (χ1n) is 9.30. The number of carbonyl (C=O) groups excluding carboxylic acids is 1. The minimum Gasteiger partial charge on any atom is -0.496 e. The Kier molecular flexibility index (Phi) is 6.75. The van der Waals surface area contributed by atoms with Crippen LogP contribution in [0.1, 0.15) is 63.4 Å². The Bertz CT molecular complexity index is 579. The van der Waals surface area contributed by atoms with Gasteiger partial charge >= 0.3 is 0 Å². The molecule has 0 atom stereocenters. The van der Waals surface area contributed by atoms with Crippen LogP contribution < -0.4 is 15.8 Å². The van der Waals surface area contributed by atoms with E-state index in [1.54, 1.807) is 7.11 Å². The minimum absolute atomic E-state index is 0. The molecule has 140 valence electrons. The molecule has 5 heteroatoms. The van der Waals surface area contributed by atoms with Crippen LogP contribution in [0.25, 0.3) is 0 Å². The van der Waals surface area contributed by atoms with E-state index in [0.29, 0.717) is 6.54 Å². The van der Waals surface area contributed by atoms with Crippen molar-refractivity contribution in [2.45, 2.75) is 68.7 Å². The number of ether oxygens (including phenoxy) is 1. The molecule has 3 rings (SSSR count). The number of amides is 1. The quantitative estimate of drug-likeness (QED) is 0.834. The molecule has 25 heavy (non-hydrogen) atoms. The first-order valence-corrected chi connectivity index (χ1v) is 9.30. The van der Waals surface area contributed by atoms with E-state index in [9.17, 15) is 4.79 Å². The summed E-state index contributed by atoms with van der Waals surface area (Å²) in [5, 5.41) is 3.21. The lowest BCUT2D eigenvalue weighted by Gasteiger charge is -2.35. The zero-order valence-electron chi connectivity index (χ0n) is 15.2. The van der Waals surface area contributed by atoms with Gasteiger partial charge in [0.1, 0.15) is 5.75 Å². The van der Waals surface area contributed by atoms with Crippen LogP contribution in [0, 0.1) is 0 Å². The van der Waals surface area contributed by atoms with Gasteiger partial charge in [-0.3, -0.25) is 4.79 Å². The van der Waals surface area contributed by atoms with Gasteiger partial charge in [0.2, 0.25) is 5.91 Å². The van der Waals surface area contributed by atoms with Crippen LogP contribution in [0.15, 0.2) is 24.3 Å². The fraction of sp³-hybridized carbons (Fsp3) is 0.650. The molecular weight excluding hydrogens is 336 g/mol. The zero-order chi connectivity index (χ0) is 17.0. The summed E-state index contributed by atoms with van der Waals surface area (Å²) in [7, 11) is 1.72. The summed E-state index contributed by atoms with van der Waals surface area (Å²) in [6, 6.07) is 8.23. The van der Waals surface area contributed by atoms with Crippen LogP contribution in [-0.4, -0.2) is 25.1 Å². The second kappa shape index (κ2) is 8.41. The summed E-state index contributed by atoms with van der Waals surface area (Å²) < 4.78 is 5.59. The Morgan fingerprint density at radius 2 is 1.68 bits per heavy atom. The zero-order valence-corrected chi connectivity index (χ0v) is 16.0. The van der Waals surface area contributed by atoms with Gasteiger partial charge in [-0.05, 0) is 31.7 Å². The summed E-state index contributed by atoms with van der Waals surface area (Å²) >= 11 is 0. The Hall–Kier alpha value is -1.26. The van der Waals surface area contributed by atoms with Crippen molar-refractivity contribution < 1.29 is 9.53 Å². The van der Waals surface area contributed by atoms with Crippen LogP contribution in [-0.2, 0) is 10.2 Å². The number of halogens is 1. The SMILES string of the molecule is COc1ccccc1C1(CNC(=O)C2(N)CCCCC2)CCCC1.Cl. The minimum atomic E-state index is -0.668. The normalized spacial score (nSPS) is 21.2. The number of benzene rings is 1. The van der Waals surface area contributed by atoms with Gasteiger partial charge in [0.15, 0.2) is 0 Å². The second-order valence-corrected chi connectivity index (χ2v) is 7.59. The molecule has 0 saturated heterocycles. The summed E-state index contributed by atoms with van der Waals surface area (Å²) in [5.41, 5.74) is 6.92. The van der Waals surface area contributed by atoms with E-state index in [1.807, 2.05) is 12.1 Å². The van der Waals surface area contributed by atoms with E-state index < -0.39 is 5.54 Å². The number of carbonyl (C=O) groups is 1. The number of nitrogens with one attached hydrogen (secondary N) is 1. The van der Waals surface area contributed by atoms with Crippen LogP contribution in [0.4, 0.5) is 0 Å². The molecule has 0 bridgehead atoms. The molecule has 2 aliphatic carbocycles. The van der Waals surface area contributed by atoms with Gasteiger partial charge in [-0.2, -0.15) is 0 Å². The lowest BCUT2D eigenvalue weighted by molar-refractivity contribution is -0.127. The van der Waals surface area contributed by atoms with E-state index in [4.69, 9.17) is 10.5 Å². The van der Waals surface area contributed by atoms with E-state index >= 15 is 0 Å². The van der Waals surface area contributed by atoms with Gasteiger partial charge in [0.05, 0.1) is 12.6 Å². The third-order valence-corrected chi connectivity index (χ3v) is 6.02. The first kappa shape index (κ1) is 20.1. The van der Waals surface area contributed by atoms with Gasteiger partial charge in [-0.1, -0.05) is 50.3 Å². The predicted molar refractivity (Wildman–Crippen MR) is 103 cm³/mol. The number of hydrogen-bond acceptors (Lipinski definition) is 3. The third kappa shape index (κ3) is 4.12. The molecule has 0 heterocycles. The second-order valence-electron chi connectivity index (χ2n) is 7.59. The largest absolute Gasteiger partial charge is 0.496 e. The van der Waals surface area contributed by atoms with Gasteiger partial charge in [-0.15, -0.1) is 12.4 Å². The number of methoxy groups -OCH3 is 1. The molecular formula is C20H31ClN2O2. The topological polar surface area (TPSA) is 64.3 Å². The average Bonchev–Trinajstić information content (AvgIpc) is 3.10. The molecule has 0 aliphatic heterocycles. The van der Waals surface area contributed by atoms with Crippen LogP contribution in [0.2, 0.25) is 0 Å². The van der Waals surface area contributed by atoms with E-state index in [0.717, 1.165) is 44.3 Å². The molecule has 2 saturated carbocycles. The highest BCUT2D eigenvalue weighted by molar-refractivity contribution is 5.86. The molecule has 4 nitrogen and oxygen atoms in total. The molecule has 2 aliphatic rings. The Labute approximate surface area is 157 Å². The van der Waals surface area contributed by atoms with Crippen LogP contribution in [0.3, 0.4) is 0 Å². The average molecular weight is 367 g/mol. The van der Waals surface area contributed by atoms with Crippen molar-refractivity contribution in [3.63, 3.8) is 0 Å². The maximum absolute atomic E-state index is 12.7. The van der Waals surface area contributed by atoms with Crippen molar-refractivity contribution in [3.05, 3.63) is 29.8 Å². The van der Waals surface area contributed by atoms with Gasteiger partial charge in [0, 0.05) is 17.5 Å². The van der Waals surface area contributed by atoms with E-state index in [-0.39, 0.29) is 23.7 Å². The van der Waals surface area contributed by atoms with Gasteiger partial charge < -0.3 is 15.8 Å². The third-order valence-electron chi connectivity index (χ3n) is 6.02. The molecule has 0 radical (unpaired) electrons. The van der Waals surface area contributed by atoms with Crippen molar-refractivity contribution in [2.75, 3.05) is 13.7 Å². The summed E-state index contributed by atoms with van der Waals surface area (Å²) in [5.74, 6) is 0.956. The smallest absolute Gasteiger partial charge is 0.240 e. The molecule has 1 aromatic rings. The van der Waals surface area contributed by atoms with Gasteiger partial charge in [0.25, 0.3) is 0 Å². The maximum Gasteiger partial charge on any atom is 0.240 e. The molecule has 2 fully saturated rings. The first-order chi connectivity index (χ1) is 11.6. The van der Waals surface area contributed by atoms with E-state index in [2.05, 4.69) is 17.4 Å². The highest BCUT2D eigenvalue weighted by Crippen LogP contribution is 2.44. The van der Waals surface area contributed by atoms with Crippen molar-refractivity contribution in [1.29, 1.82) is 0 Å². The highest BCUT2D eigenvalue weighted by Gasteiger charge is 2.40. The number of nitrogens with two attached hydrogens (primary N) is 1. The van der Waals surface area contributed by atoms with Crippen LogP contribution in [0.5, 0.6) is 5.75 Å². The predicted octanol–water partition coefficient (Wildman–Crippen LogP) is 3.71. The summed E-state index contributed by atoms with van der Waals surface area (Å²) in [6.45, 7) is 0.658. The molecule has 0 unspecified atom stereocenters. The maximum atomic E-state index is 12.7. The lowest BCUT2D eigenvalue weighted by Crippen LogP contribution is -2.56. The number of hydrogen-bond donors (Lipinski definition) is 2. The van der Waals surface area contributed by atoms with E-state index in [1.165, 1.54) is 24.8 Å². The van der Waals surface area contributed by atoms with Crippen molar-refractivity contribution in [3.8, 4) is 5.75 Å². The fourth-order valence-corrected chi connectivity index (χ4v) is 4.51. The standard InChI is InChI=1S/C20H30N2O2.ClH/c1-24-17-10-4-3-9-16(17)19(11-7-8-12-19)15-22-18(23)20(21)13-5-2-6-14-20;/h3-4,9-10H,2,5-8,11-15,21H2,1H3,(H,22,23);1H. The Morgan fingerprint density at radius 3 is 2.32 bits per heavy atom. The monoisotopic (exact) mass is 366 g/mol. The molecule has 1 aromatic carbocycles. The van der Waals surface area contributed by atoms with Gasteiger partial charge in [-0.25, -0.2) is 0 Å². The Morgan fingerprint density at radius 1 is 1.08 bits per heavy atom. The number of rotatable bonds is 5. The van der Waals surface area contributed by atoms with Crippen molar-refractivity contribution >= 4 is 18.3 Å². The van der Waals surface area contributed by atoms with Crippen molar-refractivity contribution in [2.24, 2.45) is 5.73 Å². The summed E-state index contributed by atoms with van der Waals surface area (Å²) in [4.78, 5) is 12.7. The lowest BCUT2D eigenvalue weighted by atomic mass is 9.77. The molecule has 1 amide bonds. The summed E-state index contributed by atoms with van der Waals surface area (Å²) in [6.07, 6.45) is 9.49. The molecule has 3 N–H and O–H groups in total. The van der Waals surface area contributed by atoms with Crippen molar-refractivity contribution in [1.82, 2.24) is 5.32 Å². The molecule has 0 aromatic heterocycles. The Balaban J connectivity index is 0.00000225.